The molecule has 0 radical (unpaired) electrons. The average Bonchev–Trinajstić information content (AvgIpc) is 2.66. The molecule has 1 aromatic rings. The Bertz CT molecular complexity index is 282. The molecular formula is C10H16N2O2. The Labute approximate surface area is 83.5 Å². The van der Waals surface area contributed by atoms with Crippen molar-refractivity contribution >= 4 is 5.91 Å². The second-order valence-electron chi connectivity index (χ2n) is 3.45. The van der Waals surface area contributed by atoms with Crippen molar-refractivity contribution in [2.45, 2.75) is 19.9 Å². The van der Waals surface area contributed by atoms with Gasteiger partial charge in [0, 0.05) is 12.5 Å². The van der Waals surface area contributed by atoms with Gasteiger partial charge in [-0.3, -0.25) is 4.79 Å². The Morgan fingerprint density at radius 2 is 2.36 bits per heavy atom. The summed E-state index contributed by atoms with van der Waals surface area (Å²) in [6.45, 7) is 4.34. The Kier molecular flexibility index (Phi) is 3.71. The Balaban J connectivity index is 2.35. The highest BCUT2D eigenvalue weighted by atomic mass is 16.3. The highest BCUT2D eigenvalue weighted by Crippen LogP contribution is 2.12. The molecule has 0 saturated carbocycles. The lowest BCUT2D eigenvalue weighted by atomic mass is 10.1. The summed E-state index contributed by atoms with van der Waals surface area (Å²) >= 11 is 0. The van der Waals surface area contributed by atoms with Crippen LogP contribution in [0.2, 0.25) is 0 Å². The van der Waals surface area contributed by atoms with Crippen LogP contribution in [0.5, 0.6) is 0 Å². The van der Waals surface area contributed by atoms with Crippen LogP contribution in [0.4, 0.5) is 0 Å². The van der Waals surface area contributed by atoms with Gasteiger partial charge >= 0.3 is 0 Å². The predicted molar refractivity (Wildman–Crippen MR) is 53.5 cm³/mol. The lowest BCUT2D eigenvalue weighted by Crippen LogP contribution is -2.32. The minimum Gasteiger partial charge on any atom is -0.468 e. The molecule has 4 heteroatoms. The van der Waals surface area contributed by atoms with E-state index < -0.39 is 0 Å². The molecule has 1 heterocycles. The van der Waals surface area contributed by atoms with Gasteiger partial charge in [-0.25, -0.2) is 0 Å². The quantitative estimate of drug-likeness (QED) is 0.739. The first-order valence-corrected chi connectivity index (χ1v) is 4.67. The summed E-state index contributed by atoms with van der Waals surface area (Å²) in [5, 5.41) is 3.17. The van der Waals surface area contributed by atoms with Crippen LogP contribution in [0.15, 0.2) is 22.8 Å². The van der Waals surface area contributed by atoms with Crippen molar-refractivity contribution in [3.05, 3.63) is 24.2 Å². The molecule has 1 rings (SSSR count). The molecule has 0 aliphatic rings. The summed E-state index contributed by atoms with van der Waals surface area (Å²) in [5.41, 5.74) is 5.14. The van der Waals surface area contributed by atoms with Gasteiger partial charge in [0.2, 0.25) is 5.91 Å². The average molecular weight is 196 g/mol. The monoisotopic (exact) mass is 196 g/mol. The van der Waals surface area contributed by atoms with E-state index in [-0.39, 0.29) is 17.9 Å². The van der Waals surface area contributed by atoms with E-state index in [2.05, 4.69) is 5.32 Å². The van der Waals surface area contributed by atoms with Crippen molar-refractivity contribution in [1.82, 2.24) is 5.32 Å². The maximum atomic E-state index is 10.8. The molecule has 14 heavy (non-hydrogen) atoms. The zero-order chi connectivity index (χ0) is 10.6. The molecule has 0 saturated heterocycles. The highest BCUT2D eigenvalue weighted by Gasteiger charge is 2.12. The molecule has 1 aromatic heterocycles. The van der Waals surface area contributed by atoms with E-state index >= 15 is 0 Å². The van der Waals surface area contributed by atoms with E-state index in [0.717, 1.165) is 5.76 Å². The Hall–Kier alpha value is -1.29. The number of nitrogens with two attached hydrogens (primary N) is 1. The summed E-state index contributed by atoms with van der Waals surface area (Å²) in [5.74, 6) is 0.415. The molecule has 2 atom stereocenters. The first-order chi connectivity index (χ1) is 6.61. The second kappa shape index (κ2) is 4.81. The first kappa shape index (κ1) is 10.8. The summed E-state index contributed by atoms with van der Waals surface area (Å²) in [4.78, 5) is 10.8. The Morgan fingerprint density at radius 1 is 1.64 bits per heavy atom. The van der Waals surface area contributed by atoms with Crippen LogP contribution in [-0.2, 0) is 4.79 Å². The zero-order valence-corrected chi connectivity index (χ0v) is 8.49. The third kappa shape index (κ3) is 2.88. The van der Waals surface area contributed by atoms with Gasteiger partial charge < -0.3 is 15.5 Å². The smallest absolute Gasteiger partial charge is 0.221 e. The van der Waals surface area contributed by atoms with Crippen LogP contribution in [0, 0.1) is 5.92 Å². The summed E-state index contributed by atoms with van der Waals surface area (Å²) < 4.78 is 5.21. The topological polar surface area (TPSA) is 68.3 Å². The molecule has 0 fully saturated rings. The fourth-order valence-corrected chi connectivity index (χ4v) is 1.09. The van der Waals surface area contributed by atoms with Crippen LogP contribution in [0.1, 0.15) is 25.6 Å². The van der Waals surface area contributed by atoms with Gasteiger partial charge in [-0.2, -0.15) is 0 Å². The molecular weight excluding hydrogens is 180 g/mol. The van der Waals surface area contributed by atoms with Gasteiger partial charge in [0.05, 0.1) is 12.3 Å². The number of carbonyl (C=O) groups is 1. The van der Waals surface area contributed by atoms with Crippen molar-refractivity contribution in [2.75, 3.05) is 6.54 Å². The van der Waals surface area contributed by atoms with Gasteiger partial charge in [-0.1, -0.05) is 6.92 Å². The Morgan fingerprint density at radius 3 is 2.86 bits per heavy atom. The highest BCUT2D eigenvalue weighted by molar-refractivity contribution is 5.76. The van der Waals surface area contributed by atoms with Gasteiger partial charge in [0.15, 0.2) is 0 Å². The van der Waals surface area contributed by atoms with Crippen LogP contribution in [-0.4, -0.2) is 12.5 Å². The van der Waals surface area contributed by atoms with Crippen molar-refractivity contribution < 1.29 is 9.21 Å². The van der Waals surface area contributed by atoms with Gasteiger partial charge in [-0.05, 0) is 19.1 Å². The molecule has 0 bridgehead atoms. The largest absolute Gasteiger partial charge is 0.468 e. The summed E-state index contributed by atoms with van der Waals surface area (Å²) in [6, 6.07) is 3.84. The number of amides is 1. The van der Waals surface area contributed by atoms with E-state index in [9.17, 15) is 4.79 Å². The normalized spacial score (nSPS) is 15.0. The van der Waals surface area contributed by atoms with Gasteiger partial charge in [-0.15, -0.1) is 0 Å². The molecule has 0 spiro atoms. The molecule has 78 valence electrons. The number of nitrogens with one attached hydrogen (secondary N) is 1. The first-order valence-electron chi connectivity index (χ1n) is 4.67. The number of hydrogen-bond donors (Lipinski definition) is 2. The van der Waals surface area contributed by atoms with Crippen molar-refractivity contribution in [3.8, 4) is 0 Å². The lowest BCUT2D eigenvalue weighted by molar-refractivity contribution is -0.121. The molecule has 1 unspecified atom stereocenters. The minimum atomic E-state index is -0.288. The number of carbonyl (C=O) groups excluding carboxylic acids is 1. The van der Waals surface area contributed by atoms with E-state index in [4.69, 9.17) is 10.2 Å². The van der Waals surface area contributed by atoms with E-state index in [1.165, 1.54) is 0 Å². The van der Waals surface area contributed by atoms with E-state index in [1.54, 1.807) is 13.2 Å². The molecule has 3 N–H and O–H groups in total. The van der Waals surface area contributed by atoms with Crippen molar-refractivity contribution in [1.29, 1.82) is 0 Å². The van der Waals surface area contributed by atoms with Gasteiger partial charge in [0.1, 0.15) is 5.76 Å². The zero-order valence-electron chi connectivity index (χ0n) is 8.49. The minimum absolute atomic E-state index is 0.104. The van der Waals surface area contributed by atoms with Crippen LogP contribution >= 0.6 is 0 Å². The predicted octanol–water partition coefficient (Wildman–Crippen LogP) is 1.05. The molecule has 0 aliphatic carbocycles. The molecule has 0 aromatic carbocycles. The maximum absolute atomic E-state index is 10.8. The summed E-state index contributed by atoms with van der Waals surface area (Å²) in [7, 11) is 0. The van der Waals surface area contributed by atoms with E-state index in [0.29, 0.717) is 6.54 Å². The fraction of sp³-hybridized carbons (Fsp3) is 0.500. The number of hydrogen-bond acceptors (Lipinski definition) is 3. The van der Waals surface area contributed by atoms with Crippen LogP contribution in [0.25, 0.3) is 0 Å². The molecule has 4 nitrogen and oxygen atoms in total. The lowest BCUT2D eigenvalue weighted by Gasteiger charge is -2.13. The maximum Gasteiger partial charge on any atom is 0.221 e. The third-order valence-electron chi connectivity index (χ3n) is 2.19. The van der Waals surface area contributed by atoms with E-state index in [1.807, 2.05) is 19.1 Å². The third-order valence-corrected chi connectivity index (χ3v) is 2.19. The van der Waals surface area contributed by atoms with Crippen LogP contribution < -0.4 is 11.1 Å². The second-order valence-corrected chi connectivity index (χ2v) is 3.45. The SMILES string of the molecule is CC(CN[C@@H](C)c1ccco1)C(N)=O. The van der Waals surface area contributed by atoms with Crippen LogP contribution in [0.3, 0.4) is 0 Å². The van der Waals surface area contributed by atoms with Crippen molar-refractivity contribution in [2.24, 2.45) is 11.7 Å². The van der Waals surface area contributed by atoms with Crippen molar-refractivity contribution in [3.63, 3.8) is 0 Å². The number of primary amides is 1. The standard InChI is InChI=1S/C10H16N2O2/c1-7(10(11)13)6-12-8(2)9-4-3-5-14-9/h3-5,7-8,12H,6H2,1-2H3,(H2,11,13)/t7?,8-/m0/s1. The fourth-order valence-electron chi connectivity index (χ4n) is 1.09. The number of rotatable bonds is 5. The molecule has 1 amide bonds. The number of furan rings is 1. The summed E-state index contributed by atoms with van der Waals surface area (Å²) in [6.07, 6.45) is 1.63. The van der Waals surface area contributed by atoms with Gasteiger partial charge in [0.25, 0.3) is 0 Å². The molecule has 0 aliphatic heterocycles.